The first-order valence-electron chi connectivity index (χ1n) is 11.4. The summed E-state index contributed by atoms with van der Waals surface area (Å²) in [6.07, 6.45) is 3.11. The molecule has 2 heterocycles. The first kappa shape index (κ1) is 22.5. The molecule has 32 heavy (non-hydrogen) atoms. The summed E-state index contributed by atoms with van der Waals surface area (Å²) in [5.74, 6) is -0.246. The van der Waals surface area contributed by atoms with Gasteiger partial charge in [0, 0.05) is 56.1 Å². The lowest BCUT2D eigenvalue weighted by Crippen LogP contribution is -2.36. The van der Waals surface area contributed by atoms with Crippen molar-refractivity contribution in [2.75, 3.05) is 39.9 Å². The topological polar surface area (TPSA) is 46.5 Å². The molecule has 1 aromatic heterocycles. The SMILES string of the molecule is COCCNC(=O)c1ccc2cc(C)n(C3CCN(CCc4ccc(F)cc4)CC3)c2c1. The standard InChI is InChI=1S/C26H32FN3O2/c1-19-17-21-5-6-22(26(31)28-12-16-32-2)18-25(21)30(19)24-10-14-29(15-11-24)13-9-20-3-7-23(27)8-4-20/h3-8,17-18,24H,9-16H2,1-2H3,(H,28,31). The van der Waals surface area contributed by atoms with Crippen molar-refractivity contribution in [3.05, 3.63) is 71.2 Å². The van der Waals surface area contributed by atoms with Crippen LogP contribution in [-0.2, 0) is 11.2 Å². The molecule has 5 nitrogen and oxygen atoms in total. The largest absolute Gasteiger partial charge is 0.383 e. The number of benzene rings is 2. The number of nitrogens with zero attached hydrogens (tertiary/aromatic N) is 2. The zero-order valence-corrected chi connectivity index (χ0v) is 18.9. The van der Waals surface area contributed by atoms with Crippen molar-refractivity contribution < 1.29 is 13.9 Å². The minimum absolute atomic E-state index is 0.0648. The van der Waals surface area contributed by atoms with Gasteiger partial charge in [-0.15, -0.1) is 0 Å². The first-order valence-corrected chi connectivity index (χ1v) is 11.4. The van der Waals surface area contributed by atoms with Crippen molar-refractivity contribution in [1.29, 1.82) is 0 Å². The molecule has 6 heteroatoms. The van der Waals surface area contributed by atoms with Crippen molar-refractivity contribution >= 4 is 16.8 Å². The molecular formula is C26H32FN3O2. The number of hydrogen-bond donors (Lipinski definition) is 1. The van der Waals surface area contributed by atoms with Gasteiger partial charge in [0.15, 0.2) is 0 Å². The smallest absolute Gasteiger partial charge is 0.251 e. The lowest BCUT2D eigenvalue weighted by Gasteiger charge is -2.34. The monoisotopic (exact) mass is 437 g/mol. The maximum absolute atomic E-state index is 13.1. The number of fused-ring (bicyclic) bond motifs is 1. The maximum Gasteiger partial charge on any atom is 0.251 e. The molecule has 0 unspecified atom stereocenters. The van der Waals surface area contributed by atoms with E-state index >= 15 is 0 Å². The molecule has 2 aromatic carbocycles. The lowest BCUT2D eigenvalue weighted by molar-refractivity contribution is 0.0937. The Morgan fingerprint density at radius 3 is 2.59 bits per heavy atom. The van der Waals surface area contributed by atoms with Gasteiger partial charge in [-0.1, -0.05) is 18.2 Å². The number of aromatic nitrogens is 1. The Kier molecular flexibility index (Phi) is 7.22. The molecule has 4 rings (SSSR count). The van der Waals surface area contributed by atoms with Gasteiger partial charge >= 0.3 is 0 Å². The maximum atomic E-state index is 13.1. The van der Waals surface area contributed by atoms with Crippen LogP contribution in [0.4, 0.5) is 4.39 Å². The number of methoxy groups -OCH3 is 1. The number of aryl methyl sites for hydroxylation is 1. The minimum atomic E-state index is -0.181. The molecule has 3 aromatic rings. The van der Waals surface area contributed by atoms with Crippen molar-refractivity contribution in [3.8, 4) is 0 Å². The zero-order chi connectivity index (χ0) is 22.5. The molecule has 0 spiro atoms. The highest BCUT2D eigenvalue weighted by Crippen LogP contribution is 2.31. The number of amides is 1. The minimum Gasteiger partial charge on any atom is -0.383 e. The Morgan fingerprint density at radius 1 is 1.12 bits per heavy atom. The summed E-state index contributed by atoms with van der Waals surface area (Å²) in [7, 11) is 1.63. The number of rotatable bonds is 8. The summed E-state index contributed by atoms with van der Waals surface area (Å²) < 4.78 is 20.5. The van der Waals surface area contributed by atoms with E-state index in [1.54, 1.807) is 7.11 Å². The van der Waals surface area contributed by atoms with Crippen LogP contribution in [0.15, 0.2) is 48.5 Å². The summed E-state index contributed by atoms with van der Waals surface area (Å²) in [6.45, 7) is 6.24. The van der Waals surface area contributed by atoms with E-state index in [0.717, 1.165) is 44.4 Å². The highest BCUT2D eigenvalue weighted by Gasteiger charge is 2.23. The molecule has 0 saturated carbocycles. The third kappa shape index (κ3) is 5.19. The normalized spacial score (nSPS) is 15.3. The fourth-order valence-electron chi connectivity index (χ4n) is 4.69. The molecule has 0 aliphatic carbocycles. The van der Waals surface area contributed by atoms with E-state index in [-0.39, 0.29) is 11.7 Å². The number of carbonyl (C=O) groups is 1. The van der Waals surface area contributed by atoms with Crippen LogP contribution in [-0.4, -0.2) is 55.3 Å². The summed E-state index contributed by atoms with van der Waals surface area (Å²) in [4.78, 5) is 15.0. The van der Waals surface area contributed by atoms with Gasteiger partial charge in [0.1, 0.15) is 5.82 Å². The predicted molar refractivity (Wildman–Crippen MR) is 126 cm³/mol. The number of nitrogens with one attached hydrogen (secondary N) is 1. The van der Waals surface area contributed by atoms with E-state index in [9.17, 15) is 9.18 Å². The highest BCUT2D eigenvalue weighted by atomic mass is 19.1. The van der Waals surface area contributed by atoms with Crippen LogP contribution < -0.4 is 5.32 Å². The molecule has 0 radical (unpaired) electrons. The summed E-state index contributed by atoms with van der Waals surface area (Å²) in [5, 5.41) is 4.08. The Morgan fingerprint density at radius 2 is 1.88 bits per heavy atom. The quantitative estimate of drug-likeness (QED) is 0.533. The van der Waals surface area contributed by atoms with Crippen molar-refractivity contribution in [2.45, 2.75) is 32.2 Å². The lowest BCUT2D eigenvalue weighted by atomic mass is 10.0. The van der Waals surface area contributed by atoms with Crippen molar-refractivity contribution in [3.63, 3.8) is 0 Å². The number of piperidine rings is 1. The van der Waals surface area contributed by atoms with Crippen LogP contribution in [0.2, 0.25) is 0 Å². The molecule has 1 N–H and O–H groups in total. The second-order valence-corrected chi connectivity index (χ2v) is 8.63. The van der Waals surface area contributed by atoms with E-state index in [1.165, 1.54) is 28.8 Å². The molecule has 0 atom stereocenters. The molecule has 1 aliphatic rings. The summed E-state index contributed by atoms with van der Waals surface area (Å²) in [5.41, 5.74) is 4.23. The average Bonchev–Trinajstić information content (AvgIpc) is 3.14. The van der Waals surface area contributed by atoms with E-state index in [4.69, 9.17) is 4.74 Å². The second kappa shape index (κ2) is 10.3. The van der Waals surface area contributed by atoms with E-state index in [1.807, 2.05) is 30.3 Å². The predicted octanol–water partition coefficient (Wildman–Crippen LogP) is 4.34. The number of halogens is 1. The number of likely N-dealkylation sites (tertiary alicyclic amines) is 1. The second-order valence-electron chi connectivity index (χ2n) is 8.63. The van der Waals surface area contributed by atoms with E-state index < -0.39 is 0 Å². The van der Waals surface area contributed by atoms with Crippen LogP contribution >= 0.6 is 0 Å². The number of hydrogen-bond acceptors (Lipinski definition) is 3. The highest BCUT2D eigenvalue weighted by molar-refractivity contribution is 5.98. The van der Waals surface area contributed by atoms with Gasteiger partial charge in [-0.25, -0.2) is 4.39 Å². The van der Waals surface area contributed by atoms with E-state index in [2.05, 4.69) is 27.8 Å². The van der Waals surface area contributed by atoms with Gasteiger partial charge in [0.2, 0.25) is 0 Å². The van der Waals surface area contributed by atoms with Crippen LogP contribution in [0, 0.1) is 12.7 Å². The average molecular weight is 438 g/mol. The number of ether oxygens (including phenoxy) is 1. The first-order chi connectivity index (χ1) is 15.5. The van der Waals surface area contributed by atoms with Crippen molar-refractivity contribution in [1.82, 2.24) is 14.8 Å². The molecule has 1 aliphatic heterocycles. The van der Waals surface area contributed by atoms with Gasteiger partial charge in [0.05, 0.1) is 6.61 Å². The molecule has 0 bridgehead atoms. The van der Waals surface area contributed by atoms with Crippen LogP contribution in [0.25, 0.3) is 10.9 Å². The van der Waals surface area contributed by atoms with Gasteiger partial charge in [-0.05, 0) is 67.5 Å². The third-order valence-corrected chi connectivity index (χ3v) is 6.44. The fourth-order valence-corrected chi connectivity index (χ4v) is 4.69. The van der Waals surface area contributed by atoms with Gasteiger partial charge in [-0.3, -0.25) is 4.79 Å². The van der Waals surface area contributed by atoms with Gasteiger partial charge in [0.25, 0.3) is 5.91 Å². The summed E-state index contributed by atoms with van der Waals surface area (Å²) >= 11 is 0. The molecule has 1 amide bonds. The fraction of sp³-hybridized carbons (Fsp3) is 0.423. The third-order valence-electron chi connectivity index (χ3n) is 6.44. The van der Waals surface area contributed by atoms with Crippen LogP contribution in [0.5, 0.6) is 0 Å². The van der Waals surface area contributed by atoms with Crippen molar-refractivity contribution in [2.24, 2.45) is 0 Å². The van der Waals surface area contributed by atoms with Crippen LogP contribution in [0.3, 0.4) is 0 Å². The van der Waals surface area contributed by atoms with Crippen LogP contribution in [0.1, 0.15) is 40.5 Å². The van der Waals surface area contributed by atoms with Gasteiger partial charge in [-0.2, -0.15) is 0 Å². The molecule has 1 saturated heterocycles. The molecular weight excluding hydrogens is 405 g/mol. The molecule has 1 fully saturated rings. The zero-order valence-electron chi connectivity index (χ0n) is 18.9. The summed E-state index contributed by atoms with van der Waals surface area (Å²) in [6, 6.07) is 15.4. The Balaban J connectivity index is 1.41. The Hall–Kier alpha value is -2.70. The Labute approximate surface area is 189 Å². The molecule has 170 valence electrons. The van der Waals surface area contributed by atoms with E-state index in [0.29, 0.717) is 24.8 Å². The van der Waals surface area contributed by atoms with Gasteiger partial charge < -0.3 is 19.5 Å². The Bertz CT molecular complexity index is 1050. The number of carbonyl (C=O) groups excluding carboxylic acids is 1.